The topological polar surface area (TPSA) is 68.5 Å². The molecule has 0 unspecified atom stereocenters. The van der Waals surface area contributed by atoms with Crippen LogP contribution >= 0.6 is 0 Å². The summed E-state index contributed by atoms with van der Waals surface area (Å²) in [4.78, 5) is 18.2. The number of carbonyl (C=O) groups excluding carboxylic acids is 1. The molecule has 2 aromatic carbocycles. The zero-order valence-electron chi connectivity index (χ0n) is 13.5. The van der Waals surface area contributed by atoms with E-state index in [0.717, 1.165) is 17.0 Å². The molecule has 0 aliphatic carbocycles. The van der Waals surface area contributed by atoms with Gasteiger partial charge in [0, 0.05) is 18.3 Å². The molecule has 0 radical (unpaired) electrons. The maximum atomic E-state index is 12.3. The number of carbonyl (C=O) groups is 1. The van der Waals surface area contributed by atoms with Crippen LogP contribution in [0.4, 0.5) is 5.69 Å². The minimum atomic E-state index is -0.119. The fourth-order valence-corrected chi connectivity index (χ4v) is 2.23. The largest absolute Gasteiger partial charge is 0.497 e. The number of hydrogen-bond donors (Lipinski definition) is 0. The lowest BCUT2D eigenvalue weighted by Crippen LogP contribution is -2.27. The quantitative estimate of drug-likeness (QED) is 0.722. The first-order valence-electron chi connectivity index (χ1n) is 7.46. The summed E-state index contributed by atoms with van der Waals surface area (Å²) in [6.45, 7) is 0. The second-order valence-corrected chi connectivity index (χ2v) is 5.21. The van der Waals surface area contributed by atoms with Crippen LogP contribution in [0.3, 0.4) is 0 Å². The Hall–Kier alpha value is -3.15. The molecule has 24 heavy (non-hydrogen) atoms. The molecular weight excluding hydrogens is 306 g/mol. The number of hydrogen-bond acceptors (Lipinski definition) is 5. The number of anilines is 1. The van der Waals surface area contributed by atoms with E-state index >= 15 is 0 Å². The Bertz CT molecular complexity index is 813. The third kappa shape index (κ3) is 3.43. The van der Waals surface area contributed by atoms with Crippen LogP contribution in [0, 0.1) is 0 Å². The molecule has 3 aromatic rings. The molecule has 0 aliphatic heterocycles. The van der Waals surface area contributed by atoms with Gasteiger partial charge in [-0.1, -0.05) is 23.4 Å². The van der Waals surface area contributed by atoms with Gasteiger partial charge in [-0.2, -0.15) is 4.98 Å². The van der Waals surface area contributed by atoms with E-state index in [1.165, 1.54) is 0 Å². The maximum absolute atomic E-state index is 12.3. The average molecular weight is 323 g/mol. The number of aromatic nitrogens is 2. The standard InChI is InChI=1S/C18H17N3O3/c1-21(14-6-4-3-5-7-14)17(22)12-16-19-18(20-24-16)13-8-10-15(23-2)11-9-13/h3-11H,12H2,1-2H3. The zero-order chi connectivity index (χ0) is 16.9. The Labute approximate surface area is 139 Å². The number of rotatable bonds is 5. The van der Waals surface area contributed by atoms with Crippen LogP contribution < -0.4 is 9.64 Å². The van der Waals surface area contributed by atoms with E-state index in [-0.39, 0.29) is 18.2 Å². The molecule has 0 saturated carbocycles. The molecule has 1 amide bonds. The molecule has 0 N–H and O–H groups in total. The van der Waals surface area contributed by atoms with Crippen LogP contribution in [-0.2, 0) is 11.2 Å². The monoisotopic (exact) mass is 323 g/mol. The van der Waals surface area contributed by atoms with Crippen molar-refractivity contribution in [1.29, 1.82) is 0 Å². The molecule has 0 fully saturated rings. The van der Waals surface area contributed by atoms with Crippen LogP contribution in [0.5, 0.6) is 5.75 Å². The second kappa shape index (κ2) is 6.95. The average Bonchev–Trinajstić information content (AvgIpc) is 3.10. The lowest BCUT2D eigenvalue weighted by molar-refractivity contribution is -0.118. The number of nitrogens with zero attached hydrogens (tertiary/aromatic N) is 3. The van der Waals surface area contributed by atoms with Crippen molar-refractivity contribution in [2.45, 2.75) is 6.42 Å². The summed E-state index contributed by atoms with van der Waals surface area (Å²) < 4.78 is 10.3. The van der Waals surface area contributed by atoms with Crippen molar-refractivity contribution in [2.75, 3.05) is 19.1 Å². The van der Waals surface area contributed by atoms with E-state index in [1.807, 2.05) is 54.6 Å². The molecule has 1 heterocycles. The number of likely N-dealkylation sites (N-methyl/N-ethyl adjacent to an activating group) is 1. The van der Waals surface area contributed by atoms with Gasteiger partial charge in [-0.15, -0.1) is 0 Å². The first-order chi connectivity index (χ1) is 11.7. The lowest BCUT2D eigenvalue weighted by Gasteiger charge is -2.15. The molecule has 3 rings (SSSR count). The third-order valence-corrected chi connectivity index (χ3v) is 3.64. The van der Waals surface area contributed by atoms with Crippen molar-refractivity contribution in [1.82, 2.24) is 10.1 Å². The first-order valence-corrected chi connectivity index (χ1v) is 7.46. The van der Waals surface area contributed by atoms with Crippen LogP contribution in [0.25, 0.3) is 11.4 Å². The van der Waals surface area contributed by atoms with Gasteiger partial charge < -0.3 is 14.2 Å². The van der Waals surface area contributed by atoms with Gasteiger partial charge in [-0.05, 0) is 36.4 Å². The minimum Gasteiger partial charge on any atom is -0.497 e. The molecular formula is C18H17N3O3. The molecule has 0 aliphatic rings. The van der Waals surface area contributed by atoms with Crippen LogP contribution in [0.2, 0.25) is 0 Å². The van der Waals surface area contributed by atoms with Gasteiger partial charge in [0.05, 0.1) is 7.11 Å². The molecule has 6 nitrogen and oxygen atoms in total. The number of ether oxygens (including phenoxy) is 1. The molecule has 0 bridgehead atoms. The highest BCUT2D eigenvalue weighted by atomic mass is 16.5. The molecule has 0 spiro atoms. The molecule has 6 heteroatoms. The van der Waals surface area contributed by atoms with Crippen molar-refractivity contribution in [3.8, 4) is 17.1 Å². The summed E-state index contributed by atoms with van der Waals surface area (Å²) >= 11 is 0. The van der Waals surface area contributed by atoms with Crippen molar-refractivity contribution in [3.63, 3.8) is 0 Å². The number of methoxy groups -OCH3 is 1. The summed E-state index contributed by atoms with van der Waals surface area (Å²) in [6.07, 6.45) is 0.0501. The second-order valence-electron chi connectivity index (χ2n) is 5.21. The van der Waals surface area contributed by atoms with Crippen molar-refractivity contribution < 1.29 is 14.1 Å². The molecule has 1 aromatic heterocycles. The highest BCUT2D eigenvalue weighted by molar-refractivity contribution is 5.93. The van der Waals surface area contributed by atoms with Gasteiger partial charge in [-0.25, -0.2) is 0 Å². The van der Waals surface area contributed by atoms with E-state index in [4.69, 9.17) is 9.26 Å². The first kappa shape index (κ1) is 15.7. The Balaban J connectivity index is 1.70. The SMILES string of the molecule is COc1ccc(-c2noc(CC(=O)N(C)c3ccccc3)n2)cc1. The minimum absolute atomic E-state index is 0.0501. The Morgan fingerprint density at radius 2 is 1.83 bits per heavy atom. The van der Waals surface area contributed by atoms with E-state index in [0.29, 0.717) is 5.82 Å². The van der Waals surface area contributed by atoms with Crippen LogP contribution in [-0.4, -0.2) is 30.2 Å². The van der Waals surface area contributed by atoms with Crippen molar-refractivity contribution in [2.24, 2.45) is 0 Å². The summed E-state index contributed by atoms with van der Waals surface area (Å²) in [5.74, 6) is 1.37. The van der Waals surface area contributed by atoms with E-state index in [9.17, 15) is 4.79 Å². The molecule has 0 atom stereocenters. The van der Waals surface area contributed by atoms with Crippen LogP contribution in [0.1, 0.15) is 5.89 Å². The lowest BCUT2D eigenvalue weighted by atomic mass is 10.2. The van der Waals surface area contributed by atoms with Crippen molar-refractivity contribution >= 4 is 11.6 Å². The van der Waals surface area contributed by atoms with Gasteiger partial charge in [-0.3, -0.25) is 4.79 Å². The summed E-state index contributed by atoms with van der Waals surface area (Å²) in [5.41, 5.74) is 1.62. The fourth-order valence-electron chi connectivity index (χ4n) is 2.23. The van der Waals surface area contributed by atoms with Gasteiger partial charge in [0.15, 0.2) is 0 Å². The normalized spacial score (nSPS) is 10.4. The molecule has 122 valence electrons. The highest BCUT2D eigenvalue weighted by Gasteiger charge is 2.16. The number of benzene rings is 2. The van der Waals surface area contributed by atoms with Gasteiger partial charge in [0.2, 0.25) is 17.6 Å². The Morgan fingerprint density at radius 3 is 2.50 bits per heavy atom. The van der Waals surface area contributed by atoms with E-state index in [2.05, 4.69) is 10.1 Å². The van der Waals surface area contributed by atoms with Gasteiger partial charge in [0.25, 0.3) is 0 Å². The molecule has 0 saturated heterocycles. The summed E-state index contributed by atoms with van der Waals surface area (Å²) in [5, 5.41) is 3.93. The van der Waals surface area contributed by atoms with E-state index in [1.54, 1.807) is 19.1 Å². The Morgan fingerprint density at radius 1 is 1.12 bits per heavy atom. The zero-order valence-corrected chi connectivity index (χ0v) is 13.5. The van der Waals surface area contributed by atoms with Crippen molar-refractivity contribution in [3.05, 3.63) is 60.5 Å². The fraction of sp³-hybridized carbons (Fsp3) is 0.167. The number of amides is 1. The van der Waals surface area contributed by atoms with Gasteiger partial charge in [0.1, 0.15) is 12.2 Å². The predicted molar refractivity (Wildman–Crippen MR) is 89.8 cm³/mol. The highest BCUT2D eigenvalue weighted by Crippen LogP contribution is 2.20. The predicted octanol–water partition coefficient (Wildman–Crippen LogP) is 2.95. The van der Waals surface area contributed by atoms with E-state index < -0.39 is 0 Å². The maximum Gasteiger partial charge on any atom is 0.236 e. The Kier molecular flexibility index (Phi) is 4.56. The van der Waals surface area contributed by atoms with Crippen LogP contribution in [0.15, 0.2) is 59.1 Å². The number of para-hydroxylation sites is 1. The summed E-state index contributed by atoms with van der Waals surface area (Å²) in [6, 6.07) is 16.7. The smallest absolute Gasteiger partial charge is 0.236 e. The van der Waals surface area contributed by atoms with Gasteiger partial charge >= 0.3 is 0 Å². The summed E-state index contributed by atoms with van der Waals surface area (Å²) in [7, 11) is 3.33. The third-order valence-electron chi connectivity index (χ3n) is 3.64.